The van der Waals surface area contributed by atoms with E-state index < -0.39 is 0 Å². The second-order valence-corrected chi connectivity index (χ2v) is 4.60. The predicted molar refractivity (Wildman–Crippen MR) is 77.6 cm³/mol. The lowest BCUT2D eigenvalue weighted by Gasteiger charge is -2.09. The number of rotatable bonds is 3. The molecule has 2 aromatic carbocycles. The van der Waals surface area contributed by atoms with Crippen molar-refractivity contribution in [2.45, 2.75) is 6.54 Å². The molecule has 0 aliphatic carbocycles. The molecule has 2 N–H and O–H groups in total. The first-order chi connectivity index (χ1) is 9.74. The van der Waals surface area contributed by atoms with Crippen LogP contribution >= 0.6 is 0 Å². The van der Waals surface area contributed by atoms with Gasteiger partial charge in [-0.2, -0.15) is 0 Å². The molecular weight excluding hydrogens is 253 g/mol. The predicted octanol–water partition coefficient (Wildman–Crippen LogP) is 3.32. The number of hydrogen-bond acceptors (Lipinski definition) is 2. The maximum Gasteiger partial charge on any atom is 0.140 e. The number of nitrogens with two attached hydrogens (primary N) is 1. The first-order valence-electron chi connectivity index (χ1n) is 6.34. The summed E-state index contributed by atoms with van der Waals surface area (Å²) >= 11 is 0. The molecule has 0 radical (unpaired) electrons. The number of anilines is 1. The maximum absolute atomic E-state index is 13.7. The van der Waals surface area contributed by atoms with Crippen molar-refractivity contribution in [3.8, 4) is 11.4 Å². The second-order valence-electron chi connectivity index (χ2n) is 4.60. The molecule has 0 saturated heterocycles. The molecule has 100 valence electrons. The van der Waals surface area contributed by atoms with E-state index in [-0.39, 0.29) is 5.82 Å². The molecule has 0 spiro atoms. The molecule has 4 heteroatoms. The van der Waals surface area contributed by atoms with Crippen LogP contribution in [0.4, 0.5) is 10.1 Å². The van der Waals surface area contributed by atoms with Gasteiger partial charge in [-0.05, 0) is 18.2 Å². The van der Waals surface area contributed by atoms with Gasteiger partial charge in [0.1, 0.15) is 11.6 Å². The summed E-state index contributed by atoms with van der Waals surface area (Å²) in [6.45, 7) is 0.441. The summed E-state index contributed by atoms with van der Waals surface area (Å²) in [5.74, 6) is 0.570. The molecule has 0 unspecified atom stereocenters. The lowest BCUT2D eigenvalue weighted by atomic mass is 10.1. The van der Waals surface area contributed by atoms with E-state index in [1.807, 2.05) is 41.1 Å². The molecule has 0 amide bonds. The van der Waals surface area contributed by atoms with Crippen LogP contribution in [0.1, 0.15) is 5.56 Å². The maximum atomic E-state index is 13.7. The van der Waals surface area contributed by atoms with E-state index in [1.54, 1.807) is 18.3 Å². The Bertz CT molecular complexity index is 734. The van der Waals surface area contributed by atoms with Gasteiger partial charge in [-0.3, -0.25) is 0 Å². The fourth-order valence-corrected chi connectivity index (χ4v) is 2.19. The molecule has 0 fully saturated rings. The van der Waals surface area contributed by atoms with Crippen molar-refractivity contribution in [1.29, 1.82) is 0 Å². The lowest BCUT2D eigenvalue weighted by Crippen LogP contribution is -2.03. The number of imidazole rings is 1. The Morgan fingerprint density at radius 2 is 1.95 bits per heavy atom. The van der Waals surface area contributed by atoms with Crippen LogP contribution in [0.15, 0.2) is 60.9 Å². The van der Waals surface area contributed by atoms with Crippen molar-refractivity contribution in [1.82, 2.24) is 9.55 Å². The number of nitrogen functional groups attached to an aromatic ring is 1. The van der Waals surface area contributed by atoms with Gasteiger partial charge in [0.15, 0.2) is 0 Å². The summed E-state index contributed by atoms with van der Waals surface area (Å²) in [6, 6.07) is 14.3. The highest BCUT2D eigenvalue weighted by molar-refractivity contribution is 5.61. The van der Waals surface area contributed by atoms with Gasteiger partial charge in [-0.15, -0.1) is 0 Å². The summed E-state index contributed by atoms with van der Waals surface area (Å²) in [5.41, 5.74) is 8.04. The van der Waals surface area contributed by atoms with E-state index >= 15 is 0 Å². The number of nitrogens with zero attached hydrogens (tertiary/aromatic N) is 2. The van der Waals surface area contributed by atoms with E-state index in [2.05, 4.69) is 4.98 Å². The Morgan fingerprint density at radius 3 is 2.75 bits per heavy atom. The minimum absolute atomic E-state index is 0.209. The van der Waals surface area contributed by atoms with Gasteiger partial charge in [-0.1, -0.05) is 30.3 Å². The van der Waals surface area contributed by atoms with Crippen LogP contribution in [-0.2, 0) is 6.54 Å². The third-order valence-electron chi connectivity index (χ3n) is 3.16. The molecule has 3 rings (SSSR count). The summed E-state index contributed by atoms with van der Waals surface area (Å²) in [5, 5.41) is 0. The quantitative estimate of drug-likeness (QED) is 0.740. The Labute approximate surface area is 116 Å². The smallest absolute Gasteiger partial charge is 0.140 e. The lowest BCUT2D eigenvalue weighted by molar-refractivity contribution is 0.600. The Kier molecular flexibility index (Phi) is 3.21. The molecule has 0 bridgehead atoms. The van der Waals surface area contributed by atoms with Gasteiger partial charge in [-0.25, -0.2) is 9.37 Å². The fraction of sp³-hybridized carbons (Fsp3) is 0.0625. The van der Waals surface area contributed by atoms with E-state index in [0.717, 1.165) is 11.4 Å². The first-order valence-corrected chi connectivity index (χ1v) is 6.34. The van der Waals surface area contributed by atoms with Crippen LogP contribution in [0.3, 0.4) is 0 Å². The summed E-state index contributed by atoms with van der Waals surface area (Å²) in [7, 11) is 0. The third kappa shape index (κ3) is 2.40. The molecular formula is C16H14FN3. The highest BCUT2D eigenvalue weighted by Crippen LogP contribution is 2.21. The van der Waals surface area contributed by atoms with Gasteiger partial charge in [0, 0.05) is 29.2 Å². The second kappa shape index (κ2) is 5.17. The van der Waals surface area contributed by atoms with Crippen LogP contribution in [0.2, 0.25) is 0 Å². The topological polar surface area (TPSA) is 43.8 Å². The molecule has 0 aliphatic heterocycles. The fourth-order valence-electron chi connectivity index (χ4n) is 2.19. The number of benzene rings is 2. The average molecular weight is 267 g/mol. The Hall–Kier alpha value is -2.62. The minimum Gasteiger partial charge on any atom is -0.399 e. The SMILES string of the molecule is Nc1cccc(-c2nccn2Cc2ccccc2F)c1. The molecule has 3 nitrogen and oxygen atoms in total. The van der Waals surface area contributed by atoms with E-state index in [4.69, 9.17) is 5.73 Å². The molecule has 20 heavy (non-hydrogen) atoms. The van der Waals surface area contributed by atoms with Gasteiger partial charge < -0.3 is 10.3 Å². The van der Waals surface area contributed by atoms with Crippen LogP contribution in [0, 0.1) is 5.82 Å². The standard InChI is InChI=1S/C16H14FN3/c17-15-7-2-1-4-13(15)11-20-9-8-19-16(20)12-5-3-6-14(18)10-12/h1-10H,11,18H2. The van der Waals surface area contributed by atoms with E-state index in [9.17, 15) is 4.39 Å². The van der Waals surface area contributed by atoms with Gasteiger partial charge in [0.2, 0.25) is 0 Å². The summed E-state index contributed by atoms with van der Waals surface area (Å²) in [6.07, 6.45) is 3.55. The largest absolute Gasteiger partial charge is 0.399 e. The Morgan fingerprint density at radius 1 is 1.10 bits per heavy atom. The highest BCUT2D eigenvalue weighted by Gasteiger charge is 2.08. The van der Waals surface area contributed by atoms with Crippen LogP contribution in [0.25, 0.3) is 11.4 Å². The molecule has 3 aromatic rings. The van der Waals surface area contributed by atoms with Crippen molar-refractivity contribution in [2.24, 2.45) is 0 Å². The zero-order valence-electron chi connectivity index (χ0n) is 10.8. The van der Waals surface area contributed by atoms with Gasteiger partial charge in [0.25, 0.3) is 0 Å². The Balaban J connectivity index is 1.97. The third-order valence-corrected chi connectivity index (χ3v) is 3.16. The molecule has 1 heterocycles. The highest BCUT2D eigenvalue weighted by atomic mass is 19.1. The number of halogens is 1. The molecule has 1 aromatic heterocycles. The summed E-state index contributed by atoms with van der Waals surface area (Å²) < 4.78 is 15.6. The van der Waals surface area contributed by atoms with Crippen molar-refractivity contribution in [3.63, 3.8) is 0 Å². The average Bonchev–Trinajstić information content (AvgIpc) is 2.90. The van der Waals surface area contributed by atoms with Crippen molar-refractivity contribution in [2.75, 3.05) is 5.73 Å². The zero-order valence-corrected chi connectivity index (χ0v) is 10.8. The monoisotopic (exact) mass is 267 g/mol. The van der Waals surface area contributed by atoms with E-state index in [0.29, 0.717) is 17.8 Å². The van der Waals surface area contributed by atoms with Crippen molar-refractivity contribution >= 4 is 5.69 Å². The number of aromatic nitrogens is 2. The number of hydrogen-bond donors (Lipinski definition) is 1. The first kappa shape index (κ1) is 12.4. The molecule has 0 aliphatic rings. The van der Waals surface area contributed by atoms with Crippen LogP contribution in [-0.4, -0.2) is 9.55 Å². The van der Waals surface area contributed by atoms with Gasteiger partial charge in [0.05, 0.1) is 6.54 Å². The minimum atomic E-state index is -0.209. The van der Waals surface area contributed by atoms with Gasteiger partial charge >= 0.3 is 0 Å². The van der Waals surface area contributed by atoms with Crippen molar-refractivity contribution in [3.05, 3.63) is 72.3 Å². The molecule has 0 atom stereocenters. The summed E-state index contributed by atoms with van der Waals surface area (Å²) in [4.78, 5) is 4.34. The zero-order chi connectivity index (χ0) is 13.9. The normalized spacial score (nSPS) is 10.7. The van der Waals surface area contributed by atoms with Crippen LogP contribution in [0.5, 0.6) is 0 Å². The molecule has 0 saturated carbocycles. The van der Waals surface area contributed by atoms with E-state index in [1.165, 1.54) is 6.07 Å². The van der Waals surface area contributed by atoms with Crippen LogP contribution < -0.4 is 5.73 Å². The van der Waals surface area contributed by atoms with Crippen molar-refractivity contribution < 1.29 is 4.39 Å².